The summed E-state index contributed by atoms with van der Waals surface area (Å²) < 4.78 is 0. The first-order chi connectivity index (χ1) is 9.02. The van der Waals surface area contributed by atoms with Crippen LogP contribution in [0.1, 0.15) is 46.0 Å². The van der Waals surface area contributed by atoms with Crippen molar-refractivity contribution >= 4 is 17.7 Å². The molecule has 2 aliphatic rings. The van der Waals surface area contributed by atoms with Gasteiger partial charge >= 0.3 is 0 Å². The maximum Gasteiger partial charge on any atom is 0.239 e. The fraction of sp³-hybridized carbons (Fsp3) is 0.933. The van der Waals surface area contributed by atoms with Crippen molar-refractivity contribution < 1.29 is 4.79 Å². The molecule has 1 N–H and O–H groups in total. The van der Waals surface area contributed by atoms with E-state index >= 15 is 0 Å². The van der Waals surface area contributed by atoms with E-state index in [2.05, 4.69) is 35.8 Å². The summed E-state index contributed by atoms with van der Waals surface area (Å²) in [6.45, 7) is 6.45. The van der Waals surface area contributed by atoms with Crippen LogP contribution in [0, 0.1) is 5.41 Å². The number of thioether (sulfide) groups is 1. The second kappa shape index (κ2) is 6.49. The van der Waals surface area contributed by atoms with Gasteiger partial charge in [-0.1, -0.05) is 20.3 Å². The molecule has 2 aliphatic heterocycles. The Morgan fingerprint density at radius 2 is 2.16 bits per heavy atom. The first kappa shape index (κ1) is 15.2. The molecule has 19 heavy (non-hydrogen) atoms. The number of nitrogens with one attached hydrogen (secondary N) is 1. The zero-order valence-electron chi connectivity index (χ0n) is 12.6. The Labute approximate surface area is 121 Å². The van der Waals surface area contributed by atoms with Gasteiger partial charge in [0.2, 0.25) is 5.91 Å². The highest BCUT2D eigenvalue weighted by molar-refractivity contribution is 7.99. The first-order valence-electron chi connectivity index (χ1n) is 7.59. The summed E-state index contributed by atoms with van der Waals surface area (Å²) in [5.41, 5.74) is 0.251. The van der Waals surface area contributed by atoms with Gasteiger partial charge in [-0.05, 0) is 43.9 Å². The fourth-order valence-corrected chi connectivity index (χ4v) is 4.49. The number of nitrogens with zero attached hydrogens (tertiary/aromatic N) is 1. The first-order valence-corrected chi connectivity index (χ1v) is 8.64. The van der Waals surface area contributed by atoms with Crippen LogP contribution >= 0.6 is 11.8 Å². The van der Waals surface area contributed by atoms with Crippen molar-refractivity contribution in [1.29, 1.82) is 0 Å². The van der Waals surface area contributed by atoms with E-state index in [0.29, 0.717) is 11.2 Å². The lowest BCUT2D eigenvalue weighted by Gasteiger charge is -2.33. The molecule has 0 aromatic heterocycles. The Morgan fingerprint density at radius 3 is 2.79 bits per heavy atom. The van der Waals surface area contributed by atoms with E-state index in [9.17, 15) is 4.79 Å². The Bertz CT molecular complexity index is 313. The van der Waals surface area contributed by atoms with Crippen molar-refractivity contribution in [3.63, 3.8) is 0 Å². The molecule has 0 saturated carbocycles. The molecule has 1 amide bonds. The van der Waals surface area contributed by atoms with E-state index in [4.69, 9.17) is 0 Å². The standard InChI is InChI=1S/C15H28N2OS/c1-15(2)8-7-13(16-3)14(18)17(11-15)10-12-6-4-5-9-19-12/h12-13,16H,4-11H2,1-3H3. The average molecular weight is 284 g/mol. The van der Waals surface area contributed by atoms with Crippen LogP contribution in [0.15, 0.2) is 0 Å². The molecular weight excluding hydrogens is 256 g/mol. The summed E-state index contributed by atoms with van der Waals surface area (Å²) in [5, 5.41) is 3.86. The largest absolute Gasteiger partial charge is 0.340 e. The molecule has 2 fully saturated rings. The van der Waals surface area contributed by atoms with Gasteiger partial charge in [0.25, 0.3) is 0 Å². The van der Waals surface area contributed by atoms with Crippen molar-refractivity contribution in [2.24, 2.45) is 5.41 Å². The second-order valence-corrected chi connectivity index (χ2v) is 8.16. The number of carbonyl (C=O) groups is 1. The minimum atomic E-state index is 0.0235. The molecule has 0 aliphatic carbocycles. The van der Waals surface area contributed by atoms with E-state index in [1.54, 1.807) is 0 Å². The fourth-order valence-electron chi connectivity index (χ4n) is 3.17. The highest BCUT2D eigenvalue weighted by atomic mass is 32.2. The molecule has 2 saturated heterocycles. The number of hydrogen-bond acceptors (Lipinski definition) is 3. The normalized spacial score (nSPS) is 32.2. The van der Waals surface area contributed by atoms with E-state index in [0.717, 1.165) is 25.9 Å². The van der Waals surface area contributed by atoms with Crippen molar-refractivity contribution in [2.75, 3.05) is 25.9 Å². The maximum absolute atomic E-state index is 12.6. The van der Waals surface area contributed by atoms with Crippen molar-refractivity contribution in [3.8, 4) is 0 Å². The highest BCUT2D eigenvalue weighted by Gasteiger charge is 2.35. The maximum atomic E-state index is 12.6. The average Bonchev–Trinajstić information content (AvgIpc) is 2.49. The lowest BCUT2D eigenvalue weighted by molar-refractivity contribution is -0.133. The third-order valence-electron chi connectivity index (χ3n) is 4.38. The molecule has 0 spiro atoms. The van der Waals surface area contributed by atoms with E-state index in [1.807, 2.05) is 7.05 Å². The Hall–Kier alpha value is -0.220. The van der Waals surface area contributed by atoms with Crippen molar-refractivity contribution in [2.45, 2.75) is 57.2 Å². The zero-order chi connectivity index (χ0) is 13.9. The lowest BCUT2D eigenvalue weighted by Crippen LogP contribution is -2.47. The van der Waals surface area contributed by atoms with Gasteiger partial charge in [-0.25, -0.2) is 0 Å². The van der Waals surface area contributed by atoms with Crippen LogP contribution in [0.2, 0.25) is 0 Å². The molecule has 2 unspecified atom stereocenters. The topological polar surface area (TPSA) is 32.3 Å². The van der Waals surface area contributed by atoms with Crippen LogP contribution in [0.5, 0.6) is 0 Å². The van der Waals surface area contributed by atoms with Gasteiger partial charge in [0.05, 0.1) is 6.04 Å². The van der Waals surface area contributed by atoms with Crippen LogP contribution in [-0.2, 0) is 4.79 Å². The summed E-state index contributed by atoms with van der Waals surface area (Å²) in [6, 6.07) is 0.0235. The van der Waals surface area contributed by atoms with Crippen molar-refractivity contribution in [1.82, 2.24) is 10.2 Å². The van der Waals surface area contributed by atoms with E-state index in [-0.39, 0.29) is 11.5 Å². The van der Waals surface area contributed by atoms with E-state index in [1.165, 1.54) is 25.0 Å². The van der Waals surface area contributed by atoms with Crippen LogP contribution in [0.3, 0.4) is 0 Å². The smallest absolute Gasteiger partial charge is 0.239 e. The Kier molecular flexibility index (Phi) is 5.18. The number of hydrogen-bond donors (Lipinski definition) is 1. The molecule has 2 rings (SSSR count). The predicted molar refractivity (Wildman–Crippen MR) is 82.5 cm³/mol. The van der Waals surface area contributed by atoms with E-state index < -0.39 is 0 Å². The summed E-state index contributed by atoms with van der Waals surface area (Å²) >= 11 is 2.06. The molecule has 0 aromatic carbocycles. The SMILES string of the molecule is CNC1CCC(C)(C)CN(CC2CCCCS2)C1=O. The third-order valence-corrected chi connectivity index (χ3v) is 5.77. The monoisotopic (exact) mass is 284 g/mol. The molecule has 0 aromatic rings. The van der Waals surface area contributed by atoms with Gasteiger partial charge in [-0.3, -0.25) is 4.79 Å². The quantitative estimate of drug-likeness (QED) is 0.864. The molecule has 3 nitrogen and oxygen atoms in total. The minimum absolute atomic E-state index is 0.0235. The molecule has 4 heteroatoms. The highest BCUT2D eigenvalue weighted by Crippen LogP contribution is 2.31. The minimum Gasteiger partial charge on any atom is -0.340 e. The number of rotatable bonds is 3. The summed E-state index contributed by atoms with van der Waals surface area (Å²) in [5.74, 6) is 1.59. The van der Waals surface area contributed by atoms with Crippen molar-refractivity contribution in [3.05, 3.63) is 0 Å². The van der Waals surface area contributed by atoms with Crippen LogP contribution in [0.25, 0.3) is 0 Å². The number of likely N-dealkylation sites (N-methyl/N-ethyl adjacent to an activating group) is 1. The zero-order valence-corrected chi connectivity index (χ0v) is 13.4. The molecule has 0 radical (unpaired) electrons. The van der Waals surface area contributed by atoms with Crippen LogP contribution in [0.4, 0.5) is 0 Å². The van der Waals surface area contributed by atoms with Gasteiger partial charge < -0.3 is 10.2 Å². The Morgan fingerprint density at radius 1 is 1.37 bits per heavy atom. The number of likely N-dealkylation sites (tertiary alicyclic amines) is 1. The third kappa shape index (κ3) is 4.12. The summed E-state index contributed by atoms with van der Waals surface area (Å²) in [7, 11) is 1.91. The summed E-state index contributed by atoms with van der Waals surface area (Å²) in [4.78, 5) is 14.7. The lowest BCUT2D eigenvalue weighted by atomic mass is 9.87. The van der Waals surface area contributed by atoms with Gasteiger partial charge in [-0.15, -0.1) is 0 Å². The Balaban J connectivity index is 2.03. The molecule has 2 heterocycles. The molecule has 110 valence electrons. The summed E-state index contributed by atoms with van der Waals surface area (Å²) in [6.07, 6.45) is 6.05. The van der Waals surface area contributed by atoms with Gasteiger partial charge in [0.1, 0.15) is 0 Å². The second-order valence-electron chi connectivity index (χ2n) is 6.75. The number of amides is 1. The molecule has 0 bridgehead atoms. The van der Waals surface area contributed by atoms with Gasteiger partial charge in [0, 0.05) is 18.3 Å². The van der Waals surface area contributed by atoms with Gasteiger partial charge in [-0.2, -0.15) is 11.8 Å². The number of carbonyl (C=O) groups excluding carboxylic acids is 1. The van der Waals surface area contributed by atoms with Crippen LogP contribution < -0.4 is 5.32 Å². The predicted octanol–water partition coefficient (Wildman–Crippen LogP) is 2.51. The molecular formula is C15H28N2OS. The molecule has 2 atom stereocenters. The van der Waals surface area contributed by atoms with Gasteiger partial charge in [0.15, 0.2) is 0 Å². The van der Waals surface area contributed by atoms with Crippen LogP contribution in [-0.4, -0.2) is 48.0 Å².